The van der Waals surface area contributed by atoms with Crippen molar-refractivity contribution in [2.24, 2.45) is 11.8 Å². The summed E-state index contributed by atoms with van der Waals surface area (Å²) < 4.78 is 0. The zero-order valence-electron chi connectivity index (χ0n) is 11.7. The molecule has 0 spiro atoms. The molecular weight excluding hydrogens is 248 g/mol. The third kappa shape index (κ3) is 4.13. The molecule has 2 unspecified atom stereocenters. The maximum atomic E-state index is 12.3. The molecule has 2 aliphatic rings. The van der Waals surface area contributed by atoms with Crippen molar-refractivity contribution in [2.45, 2.75) is 52.0 Å². The molecule has 106 valence electrons. The summed E-state index contributed by atoms with van der Waals surface area (Å²) in [4.78, 5) is 14.4. The first-order valence-electron chi connectivity index (χ1n) is 7.17. The summed E-state index contributed by atoms with van der Waals surface area (Å²) >= 11 is 0. The summed E-state index contributed by atoms with van der Waals surface area (Å²) in [6.07, 6.45) is 5.97. The number of halogens is 1. The standard InChI is InChI=1S/C14H26N2O.ClH/c1-11-4-3-5-13(8-11)9-14(17)16-7-6-15-10-12(16)2;/h11-13,15H,3-10H2,1-2H3;1H/t11?,12-,13?;/m0./s1. The number of hydrogen-bond donors (Lipinski definition) is 1. The highest BCUT2D eigenvalue weighted by Gasteiger charge is 2.27. The Labute approximate surface area is 117 Å². The molecule has 1 saturated heterocycles. The Morgan fingerprint density at radius 3 is 2.78 bits per heavy atom. The van der Waals surface area contributed by atoms with Crippen molar-refractivity contribution in [1.29, 1.82) is 0 Å². The second-order valence-corrected chi connectivity index (χ2v) is 5.98. The van der Waals surface area contributed by atoms with Gasteiger partial charge in [0.25, 0.3) is 0 Å². The first kappa shape index (κ1) is 15.8. The van der Waals surface area contributed by atoms with Gasteiger partial charge >= 0.3 is 0 Å². The van der Waals surface area contributed by atoms with E-state index in [1.165, 1.54) is 25.7 Å². The Balaban J connectivity index is 0.00000162. The number of nitrogens with one attached hydrogen (secondary N) is 1. The molecule has 2 rings (SSSR count). The average Bonchev–Trinajstić information content (AvgIpc) is 2.29. The predicted molar refractivity (Wildman–Crippen MR) is 77.0 cm³/mol. The van der Waals surface area contributed by atoms with Gasteiger partial charge in [-0.3, -0.25) is 4.79 Å². The zero-order chi connectivity index (χ0) is 12.3. The number of carbonyl (C=O) groups is 1. The summed E-state index contributed by atoms with van der Waals surface area (Å²) in [7, 11) is 0. The van der Waals surface area contributed by atoms with Crippen molar-refractivity contribution in [1.82, 2.24) is 10.2 Å². The lowest BCUT2D eigenvalue weighted by molar-refractivity contribution is -0.135. The number of nitrogens with zero attached hydrogens (tertiary/aromatic N) is 1. The summed E-state index contributed by atoms with van der Waals surface area (Å²) in [5.41, 5.74) is 0. The van der Waals surface area contributed by atoms with E-state index >= 15 is 0 Å². The molecule has 18 heavy (non-hydrogen) atoms. The van der Waals surface area contributed by atoms with Gasteiger partial charge in [-0.15, -0.1) is 12.4 Å². The minimum atomic E-state index is 0. The predicted octanol–water partition coefficient (Wildman–Crippen LogP) is 2.44. The summed E-state index contributed by atoms with van der Waals surface area (Å²) in [5.74, 6) is 1.86. The lowest BCUT2D eigenvalue weighted by Gasteiger charge is -2.36. The van der Waals surface area contributed by atoms with Gasteiger partial charge < -0.3 is 10.2 Å². The second-order valence-electron chi connectivity index (χ2n) is 5.98. The smallest absolute Gasteiger partial charge is 0.223 e. The van der Waals surface area contributed by atoms with Crippen molar-refractivity contribution in [3.63, 3.8) is 0 Å². The van der Waals surface area contributed by atoms with E-state index in [1.54, 1.807) is 0 Å². The first-order valence-corrected chi connectivity index (χ1v) is 7.17. The Bertz CT molecular complexity index is 273. The van der Waals surface area contributed by atoms with E-state index in [0.29, 0.717) is 17.9 Å². The van der Waals surface area contributed by atoms with Gasteiger partial charge in [-0.25, -0.2) is 0 Å². The third-order valence-corrected chi connectivity index (χ3v) is 4.33. The van der Waals surface area contributed by atoms with Crippen LogP contribution in [0.15, 0.2) is 0 Å². The minimum Gasteiger partial charge on any atom is -0.337 e. The minimum absolute atomic E-state index is 0. The van der Waals surface area contributed by atoms with E-state index in [0.717, 1.165) is 32.0 Å². The van der Waals surface area contributed by atoms with Crippen molar-refractivity contribution < 1.29 is 4.79 Å². The van der Waals surface area contributed by atoms with Crippen LogP contribution in [-0.4, -0.2) is 36.5 Å². The van der Waals surface area contributed by atoms with Gasteiger partial charge in [-0.05, 0) is 31.6 Å². The molecule has 1 saturated carbocycles. The van der Waals surface area contributed by atoms with Crippen LogP contribution in [0, 0.1) is 11.8 Å². The maximum Gasteiger partial charge on any atom is 0.223 e. The molecule has 3 atom stereocenters. The SMILES string of the molecule is CC1CCCC(CC(=O)N2CCNC[C@@H]2C)C1.Cl. The molecule has 0 aromatic heterocycles. The lowest BCUT2D eigenvalue weighted by atomic mass is 9.80. The normalized spacial score (nSPS) is 32.8. The molecule has 2 fully saturated rings. The van der Waals surface area contributed by atoms with Crippen molar-refractivity contribution in [3.8, 4) is 0 Å². The quantitative estimate of drug-likeness (QED) is 0.839. The van der Waals surface area contributed by atoms with Crippen molar-refractivity contribution in [2.75, 3.05) is 19.6 Å². The Hall–Kier alpha value is -0.280. The second kappa shape index (κ2) is 7.34. The van der Waals surface area contributed by atoms with Crippen molar-refractivity contribution in [3.05, 3.63) is 0 Å². The Morgan fingerprint density at radius 1 is 1.33 bits per heavy atom. The summed E-state index contributed by atoms with van der Waals surface area (Å²) in [6.45, 7) is 7.27. The van der Waals surface area contributed by atoms with Gasteiger partial charge in [0.2, 0.25) is 5.91 Å². The molecule has 0 bridgehead atoms. The third-order valence-electron chi connectivity index (χ3n) is 4.33. The molecule has 1 amide bonds. The van der Waals surface area contributed by atoms with E-state index in [4.69, 9.17) is 0 Å². The molecule has 3 nitrogen and oxygen atoms in total. The fraction of sp³-hybridized carbons (Fsp3) is 0.929. The van der Waals surface area contributed by atoms with Crippen LogP contribution in [0.4, 0.5) is 0 Å². The molecule has 0 aromatic rings. The van der Waals surface area contributed by atoms with E-state index in [9.17, 15) is 4.79 Å². The fourth-order valence-electron chi connectivity index (χ4n) is 3.32. The number of carbonyl (C=O) groups excluding carboxylic acids is 1. The summed E-state index contributed by atoms with van der Waals surface area (Å²) in [6, 6.07) is 0.372. The highest BCUT2D eigenvalue weighted by atomic mass is 35.5. The van der Waals surface area contributed by atoms with Gasteiger partial charge in [0, 0.05) is 32.1 Å². The van der Waals surface area contributed by atoms with Crippen LogP contribution < -0.4 is 5.32 Å². The monoisotopic (exact) mass is 274 g/mol. The van der Waals surface area contributed by atoms with Crippen LogP contribution in [0.1, 0.15) is 46.0 Å². The zero-order valence-corrected chi connectivity index (χ0v) is 12.5. The largest absolute Gasteiger partial charge is 0.337 e. The maximum absolute atomic E-state index is 12.3. The highest BCUT2D eigenvalue weighted by molar-refractivity contribution is 5.85. The van der Waals surface area contributed by atoms with E-state index in [-0.39, 0.29) is 12.4 Å². The number of rotatable bonds is 2. The van der Waals surface area contributed by atoms with Crippen LogP contribution in [0.3, 0.4) is 0 Å². The first-order chi connectivity index (χ1) is 8.16. The van der Waals surface area contributed by atoms with Crippen LogP contribution in [-0.2, 0) is 4.79 Å². The van der Waals surface area contributed by atoms with Gasteiger partial charge in [0.15, 0.2) is 0 Å². The van der Waals surface area contributed by atoms with Gasteiger partial charge in [-0.2, -0.15) is 0 Å². The molecular formula is C14H27ClN2O. The molecule has 1 heterocycles. The van der Waals surface area contributed by atoms with Crippen molar-refractivity contribution >= 4 is 18.3 Å². The number of amides is 1. The molecule has 1 aliphatic heterocycles. The molecule has 4 heteroatoms. The Kier molecular flexibility index (Phi) is 6.44. The van der Waals surface area contributed by atoms with Gasteiger partial charge in [0.05, 0.1) is 0 Å². The van der Waals surface area contributed by atoms with Gasteiger partial charge in [0.1, 0.15) is 0 Å². The van der Waals surface area contributed by atoms with Crippen LogP contribution in [0.25, 0.3) is 0 Å². The Morgan fingerprint density at radius 2 is 2.11 bits per heavy atom. The molecule has 1 aliphatic carbocycles. The average molecular weight is 275 g/mol. The molecule has 0 radical (unpaired) electrons. The van der Waals surface area contributed by atoms with E-state index < -0.39 is 0 Å². The van der Waals surface area contributed by atoms with Crippen LogP contribution in [0.5, 0.6) is 0 Å². The highest BCUT2D eigenvalue weighted by Crippen LogP contribution is 2.31. The number of piperazine rings is 1. The topological polar surface area (TPSA) is 32.3 Å². The number of hydrogen-bond acceptors (Lipinski definition) is 2. The van der Waals surface area contributed by atoms with Gasteiger partial charge in [-0.1, -0.05) is 19.8 Å². The molecule has 0 aromatic carbocycles. The van der Waals surface area contributed by atoms with Crippen LogP contribution in [0.2, 0.25) is 0 Å². The van der Waals surface area contributed by atoms with Crippen LogP contribution >= 0.6 is 12.4 Å². The van der Waals surface area contributed by atoms with E-state index in [2.05, 4.69) is 24.1 Å². The van der Waals surface area contributed by atoms with E-state index in [1.807, 2.05) is 0 Å². The molecule has 1 N–H and O–H groups in total. The lowest BCUT2D eigenvalue weighted by Crippen LogP contribution is -2.52. The fourth-order valence-corrected chi connectivity index (χ4v) is 3.32. The summed E-state index contributed by atoms with van der Waals surface area (Å²) in [5, 5.41) is 3.34.